The molecule has 7 nitrogen and oxygen atoms in total. The van der Waals surface area contributed by atoms with Crippen LogP contribution in [0, 0.1) is 5.41 Å². The maximum absolute atomic E-state index is 13.2. The number of aromatic hydroxyl groups is 1. The Kier molecular flexibility index (Phi) is 4.36. The van der Waals surface area contributed by atoms with E-state index in [4.69, 9.17) is 14.8 Å². The predicted molar refractivity (Wildman–Crippen MR) is 117 cm³/mol. The summed E-state index contributed by atoms with van der Waals surface area (Å²) in [6, 6.07) is 14.1. The summed E-state index contributed by atoms with van der Waals surface area (Å²) >= 11 is 0. The van der Waals surface area contributed by atoms with Crippen molar-refractivity contribution >= 4 is 11.7 Å². The Labute approximate surface area is 180 Å². The number of phenolic OH excluding ortho intramolecular Hbond substituents is 1. The first-order chi connectivity index (χ1) is 14.8. The summed E-state index contributed by atoms with van der Waals surface area (Å²) in [5, 5.41) is 18.2. The van der Waals surface area contributed by atoms with Gasteiger partial charge in [-0.05, 0) is 53.8 Å². The number of anilines is 1. The first kappa shape index (κ1) is 19.4. The second-order valence-corrected chi connectivity index (χ2v) is 8.89. The largest absolute Gasteiger partial charge is 0.508 e. The molecule has 7 heteroatoms. The number of benzene rings is 2. The lowest BCUT2D eigenvalue weighted by atomic mass is 9.73. The zero-order valence-corrected chi connectivity index (χ0v) is 17.7. The van der Waals surface area contributed by atoms with Crippen LogP contribution in [0.25, 0.3) is 11.4 Å². The quantitative estimate of drug-likeness (QED) is 0.661. The molecule has 0 radical (unpaired) electrons. The van der Waals surface area contributed by atoms with Crippen molar-refractivity contribution in [1.82, 2.24) is 14.8 Å². The average Bonchev–Trinajstić information content (AvgIpc) is 3.15. The van der Waals surface area contributed by atoms with Crippen molar-refractivity contribution < 1.29 is 14.6 Å². The van der Waals surface area contributed by atoms with Crippen molar-refractivity contribution in [3.63, 3.8) is 0 Å². The molecule has 2 heterocycles. The molecule has 2 N–H and O–H groups in total. The number of carbonyl (C=O) groups is 1. The number of methoxy groups -OCH3 is 1. The topological polar surface area (TPSA) is 89.3 Å². The number of ether oxygens (including phenoxy) is 1. The van der Waals surface area contributed by atoms with E-state index >= 15 is 0 Å². The molecule has 1 unspecified atom stereocenters. The van der Waals surface area contributed by atoms with Gasteiger partial charge < -0.3 is 15.2 Å². The van der Waals surface area contributed by atoms with Gasteiger partial charge in [0.1, 0.15) is 17.5 Å². The van der Waals surface area contributed by atoms with Gasteiger partial charge in [0.15, 0.2) is 11.6 Å². The minimum atomic E-state index is -0.443. The third-order valence-electron chi connectivity index (χ3n) is 5.87. The minimum absolute atomic E-state index is 0.0965. The van der Waals surface area contributed by atoms with Gasteiger partial charge >= 0.3 is 0 Å². The average molecular weight is 416 g/mol. The SMILES string of the molecule is COc1ccc(-c2nc3n(n2)C(c2cccc(O)c2)C2=C(CC(C)(C)CC2=O)N3)cc1. The molecular weight excluding hydrogens is 392 g/mol. The van der Waals surface area contributed by atoms with Gasteiger partial charge in [-0.1, -0.05) is 26.0 Å². The summed E-state index contributed by atoms with van der Waals surface area (Å²) in [5.41, 5.74) is 3.10. The molecule has 0 saturated carbocycles. The summed E-state index contributed by atoms with van der Waals surface area (Å²) in [5.74, 6) is 2.15. The van der Waals surface area contributed by atoms with Gasteiger partial charge in [0.25, 0.3) is 0 Å². The van der Waals surface area contributed by atoms with Gasteiger partial charge in [0, 0.05) is 23.3 Å². The Bertz CT molecular complexity index is 1210. The fourth-order valence-corrected chi connectivity index (χ4v) is 4.47. The van der Waals surface area contributed by atoms with Crippen molar-refractivity contribution in [1.29, 1.82) is 0 Å². The molecular formula is C24H24N4O3. The van der Waals surface area contributed by atoms with Crippen LogP contribution in [-0.2, 0) is 4.79 Å². The number of fused-ring (bicyclic) bond motifs is 1. The molecule has 31 heavy (non-hydrogen) atoms. The van der Waals surface area contributed by atoms with E-state index in [0.717, 1.165) is 29.0 Å². The van der Waals surface area contributed by atoms with Crippen molar-refractivity contribution in [2.24, 2.45) is 5.41 Å². The van der Waals surface area contributed by atoms with E-state index in [1.807, 2.05) is 30.3 Å². The minimum Gasteiger partial charge on any atom is -0.508 e. The van der Waals surface area contributed by atoms with Crippen LogP contribution < -0.4 is 10.1 Å². The number of allylic oxidation sites excluding steroid dienone is 2. The van der Waals surface area contributed by atoms with Gasteiger partial charge in [-0.15, -0.1) is 5.10 Å². The zero-order chi connectivity index (χ0) is 21.8. The number of Topliss-reactive ketones (excluding diaryl/α,β-unsaturated/α-hetero) is 1. The van der Waals surface area contributed by atoms with Crippen molar-refractivity contribution in [3.8, 4) is 22.9 Å². The van der Waals surface area contributed by atoms with Crippen LogP contribution in [-0.4, -0.2) is 32.8 Å². The number of hydrogen-bond acceptors (Lipinski definition) is 6. The van der Waals surface area contributed by atoms with E-state index < -0.39 is 6.04 Å². The van der Waals surface area contributed by atoms with E-state index in [2.05, 4.69) is 19.2 Å². The lowest BCUT2D eigenvalue weighted by Gasteiger charge is -2.38. The third-order valence-corrected chi connectivity index (χ3v) is 5.87. The summed E-state index contributed by atoms with van der Waals surface area (Å²) in [6.45, 7) is 4.20. The molecule has 1 atom stereocenters. The molecule has 2 aliphatic rings. The van der Waals surface area contributed by atoms with Crippen molar-refractivity contribution in [3.05, 3.63) is 65.4 Å². The Morgan fingerprint density at radius 2 is 1.94 bits per heavy atom. The van der Waals surface area contributed by atoms with Crippen LogP contribution >= 0.6 is 0 Å². The number of carbonyl (C=O) groups excluding carboxylic acids is 1. The van der Waals surface area contributed by atoms with Crippen LogP contribution in [0.3, 0.4) is 0 Å². The lowest BCUT2D eigenvalue weighted by Crippen LogP contribution is -2.36. The Morgan fingerprint density at radius 3 is 2.65 bits per heavy atom. The number of rotatable bonds is 3. The van der Waals surface area contributed by atoms with Gasteiger partial charge in [0.05, 0.1) is 7.11 Å². The van der Waals surface area contributed by atoms with Crippen LogP contribution in [0.5, 0.6) is 11.5 Å². The van der Waals surface area contributed by atoms with E-state index in [0.29, 0.717) is 23.8 Å². The number of ketones is 1. The highest BCUT2D eigenvalue weighted by Crippen LogP contribution is 2.46. The number of aromatic nitrogens is 3. The molecule has 1 aliphatic heterocycles. The fourth-order valence-electron chi connectivity index (χ4n) is 4.47. The molecule has 0 amide bonds. The second kappa shape index (κ2) is 6.97. The molecule has 158 valence electrons. The van der Waals surface area contributed by atoms with Crippen LogP contribution in [0.1, 0.15) is 38.3 Å². The Balaban J connectivity index is 1.66. The molecule has 0 bridgehead atoms. The number of nitrogens with one attached hydrogen (secondary N) is 1. The summed E-state index contributed by atoms with van der Waals surface area (Å²) < 4.78 is 7.00. The van der Waals surface area contributed by atoms with Crippen LogP contribution in [0.2, 0.25) is 0 Å². The third kappa shape index (κ3) is 3.36. The summed E-state index contributed by atoms with van der Waals surface area (Å²) in [7, 11) is 1.63. The predicted octanol–water partition coefficient (Wildman–Crippen LogP) is 4.32. The van der Waals surface area contributed by atoms with E-state index in [9.17, 15) is 9.90 Å². The Morgan fingerprint density at radius 1 is 1.16 bits per heavy atom. The Hall–Kier alpha value is -3.61. The van der Waals surface area contributed by atoms with Gasteiger partial charge in [-0.3, -0.25) is 4.79 Å². The van der Waals surface area contributed by atoms with Crippen LogP contribution in [0.15, 0.2) is 59.8 Å². The molecule has 0 spiro atoms. The smallest absolute Gasteiger partial charge is 0.226 e. The first-order valence-corrected chi connectivity index (χ1v) is 10.3. The van der Waals surface area contributed by atoms with Crippen molar-refractivity contribution in [2.45, 2.75) is 32.7 Å². The molecule has 0 saturated heterocycles. The number of hydrogen-bond donors (Lipinski definition) is 2. The highest BCUT2D eigenvalue weighted by Gasteiger charge is 2.42. The van der Waals surface area contributed by atoms with E-state index in [1.165, 1.54) is 0 Å². The van der Waals surface area contributed by atoms with Gasteiger partial charge in [-0.25, -0.2) is 4.68 Å². The monoisotopic (exact) mass is 416 g/mol. The van der Waals surface area contributed by atoms with Crippen LogP contribution in [0.4, 0.5) is 5.95 Å². The zero-order valence-electron chi connectivity index (χ0n) is 17.7. The van der Waals surface area contributed by atoms with Crippen molar-refractivity contribution in [2.75, 3.05) is 12.4 Å². The molecule has 3 aromatic rings. The summed E-state index contributed by atoms with van der Waals surface area (Å²) in [4.78, 5) is 18.0. The second-order valence-electron chi connectivity index (χ2n) is 8.89. The number of phenols is 1. The molecule has 1 aliphatic carbocycles. The molecule has 2 aromatic carbocycles. The molecule has 1 aromatic heterocycles. The highest BCUT2D eigenvalue weighted by atomic mass is 16.5. The maximum Gasteiger partial charge on any atom is 0.226 e. The molecule has 5 rings (SSSR count). The first-order valence-electron chi connectivity index (χ1n) is 10.3. The van der Waals surface area contributed by atoms with E-state index in [-0.39, 0.29) is 16.9 Å². The lowest BCUT2D eigenvalue weighted by molar-refractivity contribution is -0.118. The van der Waals surface area contributed by atoms with Gasteiger partial charge in [-0.2, -0.15) is 4.98 Å². The summed E-state index contributed by atoms with van der Waals surface area (Å²) in [6.07, 6.45) is 1.21. The fraction of sp³-hybridized carbons (Fsp3) is 0.292. The molecule has 0 fully saturated rings. The standard InChI is InChI=1S/C24H24N4O3/c1-24(2)12-18-20(19(30)13-24)21(15-5-4-6-16(29)11-15)28-23(25-18)26-22(27-28)14-7-9-17(31-3)10-8-14/h4-11,21,29H,12-13H2,1-3H3,(H,25,26,27). The normalized spacial score (nSPS) is 19.5. The van der Waals surface area contributed by atoms with E-state index in [1.54, 1.807) is 30.0 Å². The maximum atomic E-state index is 13.2. The van der Waals surface area contributed by atoms with Gasteiger partial charge in [0.2, 0.25) is 5.95 Å². The number of nitrogens with zero attached hydrogens (tertiary/aromatic N) is 3. The highest BCUT2D eigenvalue weighted by molar-refractivity contribution is 6.00.